The molecule has 0 unspecified atom stereocenters. The van der Waals surface area contributed by atoms with E-state index in [0.29, 0.717) is 31.9 Å². The van der Waals surface area contributed by atoms with Gasteiger partial charge in [-0.25, -0.2) is 0 Å². The predicted octanol–water partition coefficient (Wildman–Crippen LogP) is 1.64. The molecule has 2 amide bonds. The van der Waals surface area contributed by atoms with Gasteiger partial charge in [-0.3, -0.25) is 19.5 Å². The van der Waals surface area contributed by atoms with E-state index in [9.17, 15) is 9.59 Å². The highest BCUT2D eigenvalue weighted by Gasteiger charge is 2.48. The number of benzene rings is 1. The fourth-order valence-electron chi connectivity index (χ4n) is 3.92. The van der Waals surface area contributed by atoms with Crippen LogP contribution in [0.4, 0.5) is 5.69 Å². The number of carbonyl (C=O) groups excluding carboxylic acids is 2. The Kier molecular flexibility index (Phi) is 4.20. The molecule has 6 nitrogen and oxygen atoms in total. The van der Waals surface area contributed by atoms with Crippen LogP contribution in [0.5, 0.6) is 0 Å². The van der Waals surface area contributed by atoms with E-state index in [4.69, 9.17) is 0 Å². The van der Waals surface area contributed by atoms with Crippen molar-refractivity contribution in [1.82, 2.24) is 14.8 Å². The summed E-state index contributed by atoms with van der Waals surface area (Å²) in [6.45, 7) is 2.24. The summed E-state index contributed by atoms with van der Waals surface area (Å²) in [5.41, 5.74) is 1.17. The molecule has 1 atom stereocenters. The summed E-state index contributed by atoms with van der Waals surface area (Å²) >= 11 is 0. The van der Waals surface area contributed by atoms with Gasteiger partial charge in [0.1, 0.15) is 5.69 Å². The number of rotatable bonds is 2. The van der Waals surface area contributed by atoms with Gasteiger partial charge in [0.2, 0.25) is 5.91 Å². The zero-order valence-corrected chi connectivity index (χ0v) is 14.8. The molecule has 0 saturated carbocycles. The smallest absolute Gasteiger partial charge is 0.272 e. The zero-order chi connectivity index (χ0) is 18.1. The summed E-state index contributed by atoms with van der Waals surface area (Å²) in [6, 6.07) is 15.1. The lowest BCUT2D eigenvalue weighted by molar-refractivity contribution is -0.123. The fraction of sp³-hybridized carbons (Fsp3) is 0.350. The summed E-state index contributed by atoms with van der Waals surface area (Å²) in [5.74, 6) is 0.0536. The van der Waals surface area contributed by atoms with Crippen LogP contribution in [-0.2, 0) is 4.79 Å². The summed E-state index contributed by atoms with van der Waals surface area (Å²) in [7, 11) is 1.98. The number of hydrogen-bond acceptors (Lipinski definition) is 4. The zero-order valence-electron chi connectivity index (χ0n) is 14.8. The van der Waals surface area contributed by atoms with Crippen LogP contribution in [-0.4, -0.2) is 65.4 Å². The van der Waals surface area contributed by atoms with Gasteiger partial charge in [-0.15, -0.1) is 0 Å². The average molecular weight is 350 g/mol. The van der Waals surface area contributed by atoms with Gasteiger partial charge in [0.05, 0.1) is 12.1 Å². The quantitative estimate of drug-likeness (QED) is 0.826. The van der Waals surface area contributed by atoms with E-state index in [-0.39, 0.29) is 17.4 Å². The van der Waals surface area contributed by atoms with Crippen molar-refractivity contribution in [1.29, 1.82) is 0 Å². The first-order valence-electron chi connectivity index (χ1n) is 8.86. The Morgan fingerprint density at radius 3 is 2.58 bits per heavy atom. The molecule has 2 fully saturated rings. The van der Waals surface area contributed by atoms with Crippen molar-refractivity contribution in [2.75, 3.05) is 38.1 Å². The number of carbonyl (C=O) groups is 2. The maximum absolute atomic E-state index is 12.8. The largest absolute Gasteiger partial charge is 0.335 e. The molecule has 2 saturated heterocycles. The average Bonchev–Trinajstić information content (AvgIpc) is 3.11. The first kappa shape index (κ1) is 16.7. The van der Waals surface area contributed by atoms with Crippen molar-refractivity contribution in [3.05, 3.63) is 60.4 Å². The van der Waals surface area contributed by atoms with Crippen LogP contribution in [0.3, 0.4) is 0 Å². The first-order valence-corrected chi connectivity index (χ1v) is 8.86. The standard InChI is InChI=1S/C20H22N4O2/c1-22-13-18(25)24(16-7-3-2-4-8-16)15-20(22)10-12-23(14-20)19(26)17-9-5-6-11-21-17/h2-9,11H,10,12-15H2,1H3/t20-/m0/s1. The molecule has 4 rings (SSSR count). The third-order valence-electron chi connectivity index (χ3n) is 5.51. The second-order valence-corrected chi connectivity index (χ2v) is 7.09. The summed E-state index contributed by atoms with van der Waals surface area (Å²) in [6.07, 6.45) is 2.49. The minimum Gasteiger partial charge on any atom is -0.335 e. The molecule has 0 N–H and O–H groups in total. The second-order valence-electron chi connectivity index (χ2n) is 7.09. The van der Waals surface area contributed by atoms with Crippen LogP contribution in [0.2, 0.25) is 0 Å². The Balaban J connectivity index is 1.56. The van der Waals surface area contributed by atoms with Crippen molar-refractivity contribution in [2.24, 2.45) is 0 Å². The van der Waals surface area contributed by atoms with Crippen molar-refractivity contribution in [2.45, 2.75) is 12.0 Å². The molecule has 0 radical (unpaired) electrons. The van der Waals surface area contributed by atoms with Gasteiger partial charge >= 0.3 is 0 Å². The van der Waals surface area contributed by atoms with Crippen molar-refractivity contribution in [3.8, 4) is 0 Å². The monoisotopic (exact) mass is 350 g/mol. The molecule has 1 aromatic heterocycles. The van der Waals surface area contributed by atoms with E-state index in [1.807, 2.05) is 53.2 Å². The molecule has 134 valence electrons. The van der Waals surface area contributed by atoms with Gasteiger partial charge in [0.15, 0.2) is 0 Å². The molecule has 2 aliphatic heterocycles. The number of pyridine rings is 1. The molecule has 0 aliphatic carbocycles. The van der Waals surface area contributed by atoms with Crippen LogP contribution < -0.4 is 4.90 Å². The van der Waals surface area contributed by atoms with Crippen molar-refractivity contribution < 1.29 is 9.59 Å². The highest BCUT2D eigenvalue weighted by molar-refractivity contribution is 5.96. The summed E-state index contributed by atoms with van der Waals surface area (Å²) in [4.78, 5) is 35.3. The van der Waals surface area contributed by atoms with Crippen LogP contribution >= 0.6 is 0 Å². The number of anilines is 1. The highest BCUT2D eigenvalue weighted by atomic mass is 16.2. The number of likely N-dealkylation sites (N-methyl/N-ethyl adjacent to an activating group) is 1. The van der Waals surface area contributed by atoms with Gasteiger partial charge in [0.25, 0.3) is 5.91 Å². The third kappa shape index (κ3) is 2.86. The number of nitrogens with zero attached hydrogens (tertiary/aromatic N) is 4. The Labute approximate surface area is 153 Å². The fourth-order valence-corrected chi connectivity index (χ4v) is 3.92. The molecular weight excluding hydrogens is 328 g/mol. The number of aromatic nitrogens is 1. The second kappa shape index (κ2) is 6.53. The van der Waals surface area contributed by atoms with Gasteiger partial charge in [0, 0.05) is 31.5 Å². The van der Waals surface area contributed by atoms with E-state index in [2.05, 4.69) is 9.88 Å². The Morgan fingerprint density at radius 1 is 1.08 bits per heavy atom. The normalized spacial score (nSPS) is 23.7. The van der Waals surface area contributed by atoms with E-state index in [1.54, 1.807) is 18.3 Å². The summed E-state index contributed by atoms with van der Waals surface area (Å²) < 4.78 is 0. The van der Waals surface area contributed by atoms with Crippen LogP contribution in [0.25, 0.3) is 0 Å². The molecule has 2 aromatic rings. The Hall–Kier alpha value is -2.73. The Bertz CT molecular complexity index is 811. The van der Waals surface area contributed by atoms with Crippen molar-refractivity contribution >= 4 is 17.5 Å². The number of piperazine rings is 1. The van der Waals surface area contributed by atoms with Gasteiger partial charge in [-0.2, -0.15) is 0 Å². The lowest BCUT2D eigenvalue weighted by Crippen LogP contribution is -2.64. The molecule has 1 aromatic carbocycles. The van der Waals surface area contributed by atoms with Gasteiger partial charge in [-0.1, -0.05) is 24.3 Å². The molecule has 6 heteroatoms. The Morgan fingerprint density at radius 2 is 1.85 bits per heavy atom. The lowest BCUT2D eigenvalue weighted by atomic mass is 9.92. The molecule has 0 bridgehead atoms. The van der Waals surface area contributed by atoms with Crippen molar-refractivity contribution in [3.63, 3.8) is 0 Å². The minimum atomic E-state index is -0.214. The molecule has 3 heterocycles. The SMILES string of the molecule is CN1CC(=O)N(c2ccccc2)C[C@@]12CCN(C(=O)c1ccccn1)C2. The third-order valence-corrected chi connectivity index (χ3v) is 5.51. The van der Waals surface area contributed by atoms with E-state index < -0.39 is 0 Å². The van der Waals surface area contributed by atoms with Crippen LogP contribution in [0.15, 0.2) is 54.7 Å². The van der Waals surface area contributed by atoms with Crippen LogP contribution in [0.1, 0.15) is 16.9 Å². The number of para-hydroxylation sites is 1. The number of likely N-dealkylation sites (tertiary alicyclic amines) is 1. The molecular formula is C20H22N4O2. The van der Waals surface area contributed by atoms with E-state index in [0.717, 1.165) is 12.1 Å². The molecule has 2 aliphatic rings. The molecule has 1 spiro atoms. The number of hydrogen-bond donors (Lipinski definition) is 0. The number of amides is 2. The topological polar surface area (TPSA) is 56.8 Å². The van der Waals surface area contributed by atoms with E-state index in [1.165, 1.54) is 0 Å². The molecule has 26 heavy (non-hydrogen) atoms. The summed E-state index contributed by atoms with van der Waals surface area (Å²) in [5, 5.41) is 0. The predicted molar refractivity (Wildman–Crippen MR) is 98.9 cm³/mol. The van der Waals surface area contributed by atoms with Crippen LogP contribution in [0, 0.1) is 0 Å². The maximum atomic E-state index is 12.8. The van der Waals surface area contributed by atoms with Gasteiger partial charge in [-0.05, 0) is 37.7 Å². The maximum Gasteiger partial charge on any atom is 0.272 e. The highest BCUT2D eigenvalue weighted by Crippen LogP contribution is 2.33. The van der Waals surface area contributed by atoms with E-state index >= 15 is 0 Å². The minimum absolute atomic E-state index is 0.0426. The van der Waals surface area contributed by atoms with Gasteiger partial charge < -0.3 is 9.80 Å². The first-order chi connectivity index (χ1) is 12.6. The lowest BCUT2D eigenvalue weighted by Gasteiger charge is -2.46.